The van der Waals surface area contributed by atoms with Crippen LogP contribution in [0.15, 0.2) is 36.7 Å². The summed E-state index contributed by atoms with van der Waals surface area (Å²) in [5.74, 6) is -0.277. The topological polar surface area (TPSA) is 43.8 Å². The van der Waals surface area contributed by atoms with E-state index in [1.54, 1.807) is 23.1 Å². The third kappa shape index (κ3) is 1.52. The maximum absolute atomic E-state index is 12.9. The van der Waals surface area contributed by atoms with Gasteiger partial charge in [0.1, 0.15) is 5.82 Å². The monoisotopic (exact) mass is 191 g/mol. The first-order valence-electron chi connectivity index (χ1n) is 4.30. The van der Waals surface area contributed by atoms with E-state index in [1.165, 1.54) is 12.1 Å². The normalized spacial score (nSPS) is 10.4. The van der Waals surface area contributed by atoms with Crippen LogP contribution in [0.1, 0.15) is 5.56 Å². The summed E-state index contributed by atoms with van der Waals surface area (Å²) < 4.78 is 14.6. The van der Waals surface area contributed by atoms with Gasteiger partial charge in [0.05, 0.1) is 5.69 Å². The van der Waals surface area contributed by atoms with Crippen molar-refractivity contribution in [1.82, 2.24) is 9.78 Å². The summed E-state index contributed by atoms with van der Waals surface area (Å²) in [6.07, 6.45) is 3.47. The van der Waals surface area contributed by atoms with Crippen molar-refractivity contribution in [2.45, 2.75) is 6.54 Å². The van der Waals surface area contributed by atoms with Crippen molar-refractivity contribution in [2.24, 2.45) is 5.73 Å². The van der Waals surface area contributed by atoms with Gasteiger partial charge in [-0.2, -0.15) is 5.10 Å². The highest BCUT2D eigenvalue weighted by atomic mass is 19.1. The minimum absolute atomic E-state index is 0.277. The first-order chi connectivity index (χ1) is 6.81. The van der Waals surface area contributed by atoms with E-state index in [4.69, 9.17) is 5.73 Å². The molecule has 1 aromatic carbocycles. The van der Waals surface area contributed by atoms with Gasteiger partial charge in [0.15, 0.2) is 0 Å². The van der Waals surface area contributed by atoms with Crippen molar-refractivity contribution in [2.75, 3.05) is 0 Å². The molecule has 0 aliphatic heterocycles. The van der Waals surface area contributed by atoms with Crippen LogP contribution < -0.4 is 5.73 Å². The van der Waals surface area contributed by atoms with Crippen molar-refractivity contribution in [3.63, 3.8) is 0 Å². The van der Waals surface area contributed by atoms with Crippen molar-refractivity contribution < 1.29 is 4.39 Å². The van der Waals surface area contributed by atoms with Gasteiger partial charge < -0.3 is 5.73 Å². The molecule has 0 bridgehead atoms. The van der Waals surface area contributed by atoms with Gasteiger partial charge >= 0.3 is 0 Å². The van der Waals surface area contributed by atoms with Crippen LogP contribution in [0.5, 0.6) is 0 Å². The number of rotatable bonds is 2. The lowest BCUT2D eigenvalue weighted by Crippen LogP contribution is -2.05. The lowest BCUT2D eigenvalue weighted by Gasteiger charge is -2.07. The average molecular weight is 191 g/mol. The maximum Gasteiger partial charge on any atom is 0.123 e. The van der Waals surface area contributed by atoms with Crippen LogP contribution in [0, 0.1) is 5.82 Å². The second-order valence-electron chi connectivity index (χ2n) is 2.93. The first kappa shape index (κ1) is 8.90. The predicted octanol–water partition coefficient (Wildman–Crippen LogP) is 1.47. The van der Waals surface area contributed by atoms with Gasteiger partial charge in [0.2, 0.25) is 0 Å². The van der Waals surface area contributed by atoms with Crippen molar-refractivity contribution in [1.29, 1.82) is 0 Å². The zero-order chi connectivity index (χ0) is 9.97. The standard InChI is InChI=1S/C10H10FN3/c11-9-2-3-10(8(6-9)7-12)14-5-1-4-13-14/h1-6H,7,12H2. The van der Waals surface area contributed by atoms with Crippen LogP contribution in [-0.2, 0) is 6.54 Å². The molecule has 1 heterocycles. The Labute approximate surface area is 81.0 Å². The number of nitrogens with two attached hydrogens (primary N) is 1. The van der Waals surface area contributed by atoms with Crippen LogP contribution >= 0.6 is 0 Å². The Morgan fingerprint density at radius 3 is 2.93 bits per heavy atom. The maximum atomic E-state index is 12.9. The highest BCUT2D eigenvalue weighted by Gasteiger charge is 2.04. The lowest BCUT2D eigenvalue weighted by molar-refractivity contribution is 0.624. The fourth-order valence-electron chi connectivity index (χ4n) is 1.35. The molecule has 0 atom stereocenters. The van der Waals surface area contributed by atoms with Crippen LogP contribution in [0.25, 0.3) is 5.69 Å². The van der Waals surface area contributed by atoms with E-state index in [0.717, 1.165) is 11.3 Å². The summed E-state index contributed by atoms with van der Waals surface area (Å²) in [6.45, 7) is 0.299. The van der Waals surface area contributed by atoms with Crippen molar-refractivity contribution in [3.05, 3.63) is 48.0 Å². The van der Waals surface area contributed by atoms with Gasteiger partial charge in [-0.1, -0.05) is 0 Å². The molecule has 0 spiro atoms. The van der Waals surface area contributed by atoms with E-state index in [9.17, 15) is 4.39 Å². The molecule has 0 aliphatic rings. The molecular formula is C10H10FN3. The second-order valence-corrected chi connectivity index (χ2v) is 2.93. The van der Waals surface area contributed by atoms with Gasteiger partial charge in [-0.15, -0.1) is 0 Å². The van der Waals surface area contributed by atoms with Gasteiger partial charge in [0, 0.05) is 18.9 Å². The largest absolute Gasteiger partial charge is 0.326 e. The molecule has 2 aromatic rings. The van der Waals surface area contributed by atoms with Gasteiger partial charge in [-0.3, -0.25) is 0 Å². The SMILES string of the molecule is NCc1cc(F)ccc1-n1cccn1. The molecule has 72 valence electrons. The van der Waals surface area contributed by atoms with E-state index in [-0.39, 0.29) is 5.82 Å². The third-order valence-corrected chi connectivity index (χ3v) is 2.01. The van der Waals surface area contributed by atoms with E-state index < -0.39 is 0 Å². The minimum atomic E-state index is -0.277. The lowest BCUT2D eigenvalue weighted by atomic mass is 10.2. The molecule has 0 saturated heterocycles. The molecule has 0 aliphatic carbocycles. The third-order valence-electron chi connectivity index (χ3n) is 2.01. The Morgan fingerprint density at radius 1 is 1.43 bits per heavy atom. The van der Waals surface area contributed by atoms with E-state index >= 15 is 0 Å². The summed E-state index contributed by atoms with van der Waals surface area (Å²) in [5.41, 5.74) is 7.08. The highest BCUT2D eigenvalue weighted by Crippen LogP contribution is 2.14. The predicted molar refractivity (Wildman–Crippen MR) is 51.4 cm³/mol. The summed E-state index contributed by atoms with van der Waals surface area (Å²) in [6, 6.07) is 6.31. The van der Waals surface area contributed by atoms with Gasteiger partial charge in [0.25, 0.3) is 0 Å². The van der Waals surface area contributed by atoms with E-state index in [1.807, 2.05) is 6.07 Å². The fraction of sp³-hybridized carbons (Fsp3) is 0.100. The molecule has 0 fully saturated rings. The Bertz CT molecular complexity index is 423. The molecule has 3 nitrogen and oxygen atoms in total. The Balaban J connectivity index is 2.53. The number of benzene rings is 1. The van der Waals surface area contributed by atoms with E-state index in [2.05, 4.69) is 5.10 Å². The summed E-state index contributed by atoms with van der Waals surface area (Å²) in [4.78, 5) is 0. The molecule has 2 rings (SSSR count). The highest BCUT2D eigenvalue weighted by molar-refractivity contribution is 5.40. The number of aromatic nitrogens is 2. The quantitative estimate of drug-likeness (QED) is 0.781. The molecule has 4 heteroatoms. The molecule has 0 amide bonds. The Hall–Kier alpha value is -1.68. The van der Waals surface area contributed by atoms with Crippen LogP contribution in [0.3, 0.4) is 0 Å². The minimum Gasteiger partial charge on any atom is -0.326 e. The van der Waals surface area contributed by atoms with Gasteiger partial charge in [-0.05, 0) is 29.8 Å². The van der Waals surface area contributed by atoms with Crippen LogP contribution in [0.2, 0.25) is 0 Å². The fourth-order valence-corrected chi connectivity index (χ4v) is 1.35. The summed E-state index contributed by atoms with van der Waals surface area (Å²) in [7, 11) is 0. The number of nitrogens with zero attached hydrogens (tertiary/aromatic N) is 2. The zero-order valence-corrected chi connectivity index (χ0v) is 7.52. The molecule has 0 unspecified atom stereocenters. The molecule has 14 heavy (non-hydrogen) atoms. The molecule has 0 radical (unpaired) electrons. The molecule has 0 saturated carbocycles. The summed E-state index contributed by atoms with van der Waals surface area (Å²) in [5, 5.41) is 4.06. The van der Waals surface area contributed by atoms with Crippen LogP contribution in [-0.4, -0.2) is 9.78 Å². The average Bonchev–Trinajstić information content (AvgIpc) is 2.70. The van der Waals surface area contributed by atoms with Crippen molar-refractivity contribution >= 4 is 0 Å². The molecule has 1 aromatic heterocycles. The molecule has 2 N–H and O–H groups in total. The smallest absolute Gasteiger partial charge is 0.123 e. The number of hydrogen-bond acceptors (Lipinski definition) is 2. The second kappa shape index (κ2) is 3.59. The Morgan fingerprint density at radius 2 is 2.29 bits per heavy atom. The zero-order valence-electron chi connectivity index (χ0n) is 7.52. The van der Waals surface area contributed by atoms with E-state index in [0.29, 0.717) is 6.54 Å². The van der Waals surface area contributed by atoms with Crippen LogP contribution in [0.4, 0.5) is 4.39 Å². The summed E-state index contributed by atoms with van der Waals surface area (Å²) >= 11 is 0. The number of hydrogen-bond donors (Lipinski definition) is 1. The first-order valence-corrected chi connectivity index (χ1v) is 4.30. The Kier molecular flexibility index (Phi) is 2.28. The molecular weight excluding hydrogens is 181 g/mol. The van der Waals surface area contributed by atoms with Crippen molar-refractivity contribution in [3.8, 4) is 5.69 Å². The van der Waals surface area contributed by atoms with Gasteiger partial charge in [-0.25, -0.2) is 9.07 Å². The number of halogens is 1.